The number of benzene rings is 1. The highest BCUT2D eigenvalue weighted by Crippen LogP contribution is 2.24. The zero-order chi connectivity index (χ0) is 13.8. The molecule has 0 spiro atoms. The van der Waals surface area contributed by atoms with Crippen LogP contribution in [0.2, 0.25) is 5.02 Å². The molecule has 0 radical (unpaired) electrons. The third kappa shape index (κ3) is 3.25. The van der Waals surface area contributed by atoms with Crippen LogP contribution in [0, 0.1) is 6.92 Å². The van der Waals surface area contributed by atoms with Gasteiger partial charge in [0.05, 0.1) is 0 Å². The van der Waals surface area contributed by atoms with Gasteiger partial charge in [0, 0.05) is 27.9 Å². The summed E-state index contributed by atoms with van der Waals surface area (Å²) in [6.07, 6.45) is 1.64. The van der Waals surface area contributed by atoms with Crippen molar-refractivity contribution in [3.63, 3.8) is 0 Å². The van der Waals surface area contributed by atoms with Gasteiger partial charge in [0.25, 0.3) is 5.24 Å². The van der Waals surface area contributed by atoms with Crippen molar-refractivity contribution in [1.29, 1.82) is 0 Å². The van der Waals surface area contributed by atoms with Gasteiger partial charge in [0.15, 0.2) is 0 Å². The summed E-state index contributed by atoms with van der Waals surface area (Å²) in [5, 5.41) is -0.112. The van der Waals surface area contributed by atoms with E-state index >= 15 is 0 Å². The van der Waals surface area contributed by atoms with Gasteiger partial charge in [-0.05, 0) is 36.7 Å². The molecule has 3 nitrogen and oxygen atoms in total. The molecular weight excluding hydrogens is 285 g/mol. The molecule has 0 bridgehead atoms. The van der Waals surface area contributed by atoms with Gasteiger partial charge < -0.3 is 4.74 Å². The number of halogens is 2. The summed E-state index contributed by atoms with van der Waals surface area (Å²) in [5.74, 6) is 0.510. The van der Waals surface area contributed by atoms with Crippen molar-refractivity contribution in [3.8, 4) is 5.88 Å². The second-order valence-electron chi connectivity index (χ2n) is 3.95. The SMILES string of the molecule is Cc1cccnc1OCc1c(Cl)cccc1C(=O)Cl. The lowest BCUT2D eigenvalue weighted by molar-refractivity contribution is 0.107. The second kappa shape index (κ2) is 6.04. The molecule has 1 aromatic heterocycles. The fourth-order valence-corrected chi connectivity index (χ4v) is 2.06. The molecule has 1 heterocycles. The Kier molecular flexibility index (Phi) is 4.40. The third-order valence-electron chi connectivity index (χ3n) is 2.65. The molecule has 5 heteroatoms. The molecule has 0 aliphatic rings. The average molecular weight is 296 g/mol. The summed E-state index contributed by atoms with van der Waals surface area (Å²) in [6, 6.07) is 8.70. The Morgan fingerprint density at radius 3 is 2.79 bits per heavy atom. The van der Waals surface area contributed by atoms with Crippen LogP contribution in [-0.2, 0) is 6.61 Å². The minimum atomic E-state index is -0.557. The molecule has 2 aromatic rings. The van der Waals surface area contributed by atoms with Crippen molar-refractivity contribution in [2.24, 2.45) is 0 Å². The van der Waals surface area contributed by atoms with Crippen LogP contribution in [0.4, 0.5) is 0 Å². The highest BCUT2D eigenvalue weighted by atomic mass is 35.5. The van der Waals surface area contributed by atoms with E-state index in [1.807, 2.05) is 19.1 Å². The molecule has 0 unspecified atom stereocenters. The average Bonchev–Trinajstić information content (AvgIpc) is 2.38. The van der Waals surface area contributed by atoms with E-state index in [4.69, 9.17) is 27.9 Å². The minimum Gasteiger partial charge on any atom is -0.473 e. The normalized spacial score (nSPS) is 10.3. The molecule has 2 rings (SSSR count). The van der Waals surface area contributed by atoms with Crippen molar-refractivity contribution < 1.29 is 9.53 Å². The summed E-state index contributed by atoms with van der Waals surface area (Å²) >= 11 is 11.6. The van der Waals surface area contributed by atoms with E-state index in [9.17, 15) is 4.79 Å². The van der Waals surface area contributed by atoms with E-state index in [0.29, 0.717) is 22.0 Å². The highest BCUT2D eigenvalue weighted by Gasteiger charge is 2.13. The smallest absolute Gasteiger partial charge is 0.252 e. The molecule has 0 aliphatic carbocycles. The van der Waals surface area contributed by atoms with Gasteiger partial charge in [-0.25, -0.2) is 4.98 Å². The molecule has 0 aliphatic heterocycles. The number of aryl methyl sites for hydroxylation is 1. The van der Waals surface area contributed by atoms with Crippen molar-refractivity contribution in [3.05, 3.63) is 58.2 Å². The predicted molar refractivity (Wildman–Crippen MR) is 74.9 cm³/mol. The molecule has 0 saturated carbocycles. The molecule has 0 amide bonds. The zero-order valence-corrected chi connectivity index (χ0v) is 11.7. The largest absolute Gasteiger partial charge is 0.473 e. The van der Waals surface area contributed by atoms with Gasteiger partial charge in [-0.2, -0.15) is 0 Å². The van der Waals surface area contributed by atoms with E-state index in [0.717, 1.165) is 5.56 Å². The van der Waals surface area contributed by atoms with Crippen molar-refractivity contribution in [2.45, 2.75) is 13.5 Å². The number of carbonyl (C=O) groups excluding carboxylic acids is 1. The molecule has 98 valence electrons. The van der Waals surface area contributed by atoms with Crippen LogP contribution >= 0.6 is 23.2 Å². The Labute approximate surface area is 121 Å². The van der Waals surface area contributed by atoms with Crippen LogP contribution in [0.25, 0.3) is 0 Å². The van der Waals surface area contributed by atoms with Crippen LogP contribution in [0.1, 0.15) is 21.5 Å². The first-order chi connectivity index (χ1) is 9.09. The second-order valence-corrected chi connectivity index (χ2v) is 4.70. The maximum atomic E-state index is 11.3. The van der Waals surface area contributed by atoms with Crippen molar-refractivity contribution in [1.82, 2.24) is 4.98 Å². The first-order valence-corrected chi connectivity index (χ1v) is 6.37. The number of hydrogen-bond donors (Lipinski definition) is 0. The predicted octanol–water partition coefficient (Wildman–Crippen LogP) is 4.00. The van der Waals surface area contributed by atoms with Crippen LogP contribution in [0.3, 0.4) is 0 Å². The maximum Gasteiger partial charge on any atom is 0.252 e. The van der Waals surface area contributed by atoms with E-state index < -0.39 is 5.24 Å². The summed E-state index contributed by atoms with van der Waals surface area (Å²) in [5.41, 5.74) is 1.82. The molecule has 0 fully saturated rings. The maximum absolute atomic E-state index is 11.3. The van der Waals surface area contributed by atoms with E-state index in [1.165, 1.54) is 0 Å². The van der Waals surface area contributed by atoms with Gasteiger partial charge in [-0.15, -0.1) is 0 Å². The van der Waals surface area contributed by atoms with E-state index in [-0.39, 0.29) is 6.61 Å². The topological polar surface area (TPSA) is 39.2 Å². The number of carbonyl (C=O) groups is 1. The molecule has 0 atom stereocenters. The Morgan fingerprint density at radius 1 is 1.32 bits per heavy atom. The molecule has 1 aromatic carbocycles. The molecule has 19 heavy (non-hydrogen) atoms. The Hall–Kier alpha value is -1.58. The fraction of sp³-hybridized carbons (Fsp3) is 0.143. The summed E-state index contributed by atoms with van der Waals surface area (Å²) in [7, 11) is 0. The Balaban J connectivity index is 2.25. The van der Waals surface area contributed by atoms with Gasteiger partial charge in [-0.1, -0.05) is 23.7 Å². The first kappa shape index (κ1) is 13.8. The van der Waals surface area contributed by atoms with E-state index in [1.54, 1.807) is 24.4 Å². The number of nitrogens with zero attached hydrogens (tertiary/aromatic N) is 1. The number of aromatic nitrogens is 1. The fourth-order valence-electron chi connectivity index (χ4n) is 1.65. The Bertz CT molecular complexity index is 614. The highest BCUT2D eigenvalue weighted by molar-refractivity contribution is 6.68. The van der Waals surface area contributed by atoms with Crippen LogP contribution in [-0.4, -0.2) is 10.2 Å². The first-order valence-electron chi connectivity index (χ1n) is 5.61. The van der Waals surface area contributed by atoms with Crippen molar-refractivity contribution in [2.75, 3.05) is 0 Å². The quantitative estimate of drug-likeness (QED) is 0.800. The van der Waals surface area contributed by atoms with Gasteiger partial charge >= 0.3 is 0 Å². The minimum absolute atomic E-state index is 0.144. The molecular formula is C14H11Cl2NO2. The Morgan fingerprint density at radius 2 is 2.11 bits per heavy atom. The zero-order valence-electron chi connectivity index (χ0n) is 10.2. The summed E-state index contributed by atoms with van der Waals surface area (Å²) in [4.78, 5) is 15.4. The lowest BCUT2D eigenvalue weighted by Gasteiger charge is -2.11. The van der Waals surface area contributed by atoms with Gasteiger partial charge in [-0.3, -0.25) is 4.79 Å². The number of pyridine rings is 1. The standard InChI is InChI=1S/C14H11Cl2NO2/c1-9-4-3-7-17-14(9)19-8-11-10(13(16)18)5-2-6-12(11)15/h2-7H,8H2,1H3. The lowest BCUT2D eigenvalue weighted by atomic mass is 10.1. The van der Waals surface area contributed by atoms with Crippen molar-refractivity contribution >= 4 is 28.4 Å². The van der Waals surface area contributed by atoms with Gasteiger partial charge in [0.2, 0.25) is 5.88 Å². The number of rotatable bonds is 4. The number of hydrogen-bond acceptors (Lipinski definition) is 3. The molecule has 0 saturated heterocycles. The van der Waals surface area contributed by atoms with Gasteiger partial charge in [0.1, 0.15) is 6.61 Å². The monoisotopic (exact) mass is 295 g/mol. The summed E-state index contributed by atoms with van der Waals surface area (Å²) in [6.45, 7) is 2.04. The van der Waals surface area contributed by atoms with E-state index in [2.05, 4.69) is 4.98 Å². The third-order valence-corrected chi connectivity index (χ3v) is 3.20. The summed E-state index contributed by atoms with van der Waals surface area (Å²) < 4.78 is 5.59. The number of ether oxygens (including phenoxy) is 1. The van der Waals surface area contributed by atoms with Crippen LogP contribution < -0.4 is 4.74 Å². The van der Waals surface area contributed by atoms with Crippen LogP contribution in [0.15, 0.2) is 36.5 Å². The van der Waals surface area contributed by atoms with Crippen LogP contribution in [0.5, 0.6) is 5.88 Å². The lowest BCUT2D eigenvalue weighted by Crippen LogP contribution is -2.05. The molecule has 0 N–H and O–H groups in total.